The number of fused-ring (bicyclic) bond motifs is 1. The number of primary amides is 1. The topological polar surface area (TPSA) is 65.1 Å². The first kappa shape index (κ1) is 20.2. The highest BCUT2D eigenvalue weighted by Gasteiger charge is 2.24. The van der Waals surface area contributed by atoms with E-state index >= 15 is 0 Å². The van der Waals surface area contributed by atoms with E-state index in [4.69, 9.17) is 17.3 Å². The number of aromatic nitrogens is 1. The molecule has 0 aliphatic carbocycles. The lowest BCUT2D eigenvalue weighted by atomic mass is 9.96. The first-order valence-electron chi connectivity index (χ1n) is 9.57. The Morgan fingerprint density at radius 2 is 1.89 bits per heavy atom. The van der Waals surface area contributed by atoms with Gasteiger partial charge in [-0.2, -0.15) is 0 Å². The van der Waals surface area contributed by atoms with E-state index in [0.29, 0.717) is 17.1 Å². The van der Waals surface area contributed by atoms with Crippen LogP contribution in [0, 0.1) is 5.92 Å². The largest absolute Gasteiger partial charge is 0.366 e. The van der Waals surface area contributed by atoms with E-state index in [2.05, 4.69) is 11.5 Å². The maximum absolute atomic E-state index is 13.1. The minimum atomic E-state index is -0.480. The Labute approximate surface area is 170 Å². The summed E-state index contributed by atoms with van der Waals surface area (Å²) in [6.45, 7) is 6.49. The summed E-state index contributed by atoms with van der Waals surface area (Å²) >= 11 is 6.17. The quantitative estimate of drug-likeness (QED) is 0.555. The van der Waals surface area contributed by atoms with Crippen molar-refractivity contribution in [1.82, 2.24) is 4.57 Å². The van der Waals surface area contributed by atoms with E-state index in [9.17, 15) is 9.59 Å². The molecule has 4 nitrogen and oxygen atoms in total. The number of carbonyl (C=O) groups is 2. The Morgan fingerprint density at radius 1 is 1.14 bits per heavy atom. The van der Waals surface area contributed by atoms with Gasteiger partial charge >= 0.3 is 0 Å². The van der Waals surface area contributed by atoms with Gasteiger partial charge in [0.05, 0.1) is 5.52 Å². The van der Waals surface area contributed by atoms with E-state index < -0.39 is 5.91 Å². The molecule has 1 aromatic heterocycles. The predicted octanol–water partition coefficient (Wildman–Crippen LogP) is 5.23. The maximum atomic E-state index is 13.1. The molecule has 2 N–H and O–H groups in total. The summed E-state index contributed by atoms with van der Waals surface area (Å²) in [5, 5.41) is 1.54. The van der Waals surface area contributed by atoms with Gasteiger partial charge in [-0.1, -0.05) is 57.0 Å². The minimum Gasteiger partial charge on any atom is -0.366 e. The van der Waals surface area contributed by atoms with Crippen LogP contribution in [0.15, 0.2) is 42.5 Å². The van der Waals surface area contributed by atoms with Gasteiger partial charge in [-0.25, -0.2) is 0 Å². The van der Waals surface area contributed by atoms with E-state index in [1.54, 1.807) is 12.1 Å². The number of amides is 1. The van der Waals surface area contributed by atoms with Crippen LogP contribution in [0.5, 0.6) is 0 Å². The van der Waals surface area contributed by atoms with Crippen LogP contribution in [-0.2, 0) is 13.0 Å². The van der Waals surface area contributed by atoms with Gasteiger partial charge in [0.2, 0.25) is 5.91 Å². The lowest BCUT2D eigenvalue weighted by Gasteiger charge is -2.13. The van der Waals surface area contributed by atoms with Crippen molar-refractivity contribution in [2.45, 2.75) is 40.2 Å². The van der Waals surface area contributed by atoms with Crippen LogP contribution in [0.2, 0.25) is 5.02 Å². The molecule has 2 aromatic carbocycles. The van der Waals surface area contributed by atoms with Crippen molar-refractivity contribution in [3.05, 3.63) is 69.9 Å². The summed E-state index contributed by atoms with van der Waals surface area (Å²) in [6.07, 6.45) is 1.68. The van der Waals surface area contributed by atoms with Crippen molar-refractivity contribution in [1.29, 1.82) is 0 Å². The number of carbonyl (C=O) groups excluding carboxylic acids is 2. The summed E-state index contributed by atoms with van der Waals surface area (Å²) < 4.78 is 2.13. The van der Waals surface area contributed by atoms with Crippen molar-refractivity contribution >= 4 is 34.2 Å². The second-order valence-corrected chi connectivity index (χ2v) is 7.84. The maximum Gasteiger partial charge on any atom is 0.248 e. The van der Waals surface area contributed by atoms with E-state index in [0.717, 1.165) is 40.6 Å². The third kappa shape index (κ3) is 3.83. The third-order valence-corrected chi connectivity index (χ3v) is 5.18. The van der Waals surface area contributed by atoms with Crippen molar-refractivity contribution < 1.29 is 9.59 Å². The van der Waals surface area contributed by atoms with E-state index in [1.807, 2.05) is 44.2 Å². The summed E-state index contributed by atoms with van der Waals surface area (Å²) in [6, 6.07) is 13.0. The van der Waals surface area contributed by atoms with Crippen molar-refractivity contribution in [3.63, 3.8) is 0 Å². The summed E-state index contributed by atoms with van der Waals surface area (Å²) in [5.41, 5.74) is 9.58. The number of benzene rings is 2. The first-order valence-corrected chi connectivity index (χ1v) is 9.94. The number of Topliss-reactive ketones (excluding diaryl/α,β-unsaturated/α-hetero) is 1. The molecule has 1 heterocycles. The number of halogens is 1. The molecule has 146 valence electrons. The average molecular weight is 397 g/mol. The lowest BCUT2D eigenvalue weighted by molar-refractivity contribution is 0.0939. The Kier molecular flexibility index (Phi) is 5.90. The molecule has 0 saturated carbocycles. The minimum absolute atomic E-state index is 0.114. The van der Waals surface area contributed by atoms with Gasteiger partial charge in [0.25, 0.3) is 0 Å². The zero-order valence-corrected chi connectivity index (χ0v) is 17.2. The molecular formula is C23H25ClN2O2. The van der Waals surface area contributed by atoms with Crippen molar-refractivity contribution in [2.75, 3.05) is 0 Å². The number of hydrogen-bond donors (Lipinski definition) is 1. The first-order chi connectivity index (χ1) is 13.3. The highest BCUT2D eigenvalue weighted by Crippen LogP contribution is 2.31. The molecule has 3 rings (SSSR count). The third-order valence-electron chi connectivity index (χ3n) is 4.94. The molecule has 0 aliphatic heterocycles. The second kappa shape index (κ2) is 8.19. The van der Waals surface area contributed by atoms with Crippen LogP contribution in [0.25, 0.3) is 10.9 Å². The van der Waals surface area contributed by atoms with Crippen LogP contribution < -0.4 is 5.73 Å². The molecule has 5 heteroatoms. The van der Waals surface area contributed by atoms with Gasteiger partial charge in [0.1, 0.15) is 0 Å². The molecule has 0 fully saturated rings. The van der Waals surface area contributed by atoms with Crippen LogP contribution in [0.1, 0.15) is 59.2 Å². The van der Waals surface area contributed by atoms with Gasteiger partial charge in [-0.3, -0.25) is 9.59 Å². The molecule has 0 spiro atoms. The molecule has 0 unspecified atom stereocenters. The van der Waals surface area contributed by atoms with Crippen molar-refractivity contribution in [2.24, 2.45) is 11.7 Å². The number of ketones is 1. The molecular weight excluding hydrogens is 372 g/mol. The van der Waals surface area contributed by atoms with Gasteiger partial charge in [0, 0.05) is 39.7 Å². The number of hydrogen-bond acceptors (Lipinski definition) is 2. The van der Waals surface area contributed by atoms with Gasteiger partial charge < -0.3 is 10.3 Å². The van der Waals surface area contributed by atoms with Crippen molar-refractivity contribution in [3.8, 4) is 0 Å². The summed E-state index contributed by atoms with van der Waals surface area (Å²) in [5.74, 6) is -0.479. The zero-order valence-electron chi connectivity index (χ0n) is 16.5. The zero-order chi connectivity index (χ0) is 20.4. The van der Waals surface area contributed by atoms with Gasteiger partial charge in [-0.05, 0) is 36.2 Å². The average Bonchev–Trinajstić information content (AvgIpc) is 2.94. The van der Waals surface area contributed by atoms with Crippen LogP contribution in [0.4, 0.5) is 0 Å². The molecule has 0 bridgehead atoms. The second-order valence-electron chi connectivity index (χ2n) is 7.40. The highest BCUT2D eigenvalue weighted by molar-refractivity contribution is 6.30. The smallest absolute Gasteiger partial charge is 0.248 e. The Hall–Kier alpha value is -2.59. The fourth-order valence-electron chi connectivity index (χ4n) is 3.61. The van der Waals surface area contributed by atoms with E-state index in [-0.39, 0.29) is 11.7 Å². The molecule has 0 saturated heterocycles. The molecule has 3 aromatic rings. The fourth-order valence-corrected chi connectivity index (χ4v) is 3.83. The highest BCUT2D eigenvalue weighted by atomic mass is 35.5. The Balaban J connectivity index is 2.31. The molecule has 0 radical (unpaired) electrons. The Bertz CT molecular complexity index is 1050. The lowest BCUT2D eigenvalue weighted by Crippen LogP contribution is -2.12. The van der Waals surface area contributed by atoms with Crippen LogP contribution in [0.3, 0.4) is 0 Å². The standard InChI is InChI=1S/C23H25ClN2O2/c1-4-6-19-21(22(27)14(2)3)18-10-9-16(23(25)28)12-20(18)26(19)13-15-7-5-8-17(24)11-15/h5,7-12,14H,4,6,13H2,1-3H3,(H2,25,28). The predicted molar refractivity (Wildman–Crippen MR) is 114 cm³/mol. The summed E-state index contributed by atoms with van der Waals surface area (Å²) in [7, 11) is 0. The van der Waals surface area contributed by atoms with Crippen LogP contribution in [-0.4, -0.2) is 16.3 Å². The molecule has 0 atom stereocenters. The number of rotatable bonds is 7. The summed E-state index contributed by atoms with van der Waals surface area (Å²) in [4.78, 5) is 24.8. The van der Waals surface area contributed by atoms with Crippen LogP contribution >= 0.6 is 11.6 Å². The van der Waals surface area contributed by atoms with E-state index in [1.165, 1.54) is 0 Å². The van der Waals surface area contributed by atoms with Gasteiger partial charge in [-0.15, -0.1) is 0 Å². The molecule has 28 heavy (non-hydrogen) atoms. The molecule has 1 amide bonds. The molecule has 0 aliphatic rings. The normalized spacial score (nSPS) is 11.3. The monoisotopic (exact) mass is 396 g/mol. The fraction of sp³-hybridized carbons (Fsp3) is 0.304. The SMILES string of the molecule is CCCc1c(C(=O)C(C)C)c2ccc(C(N)=O)cc2n1Cc1cccc(Cl)c1. The number of nitrogens with two attached hydrogens (primary N) is 1. The Morgan fingerprint density at radius 3 is 2.50 bits per heavy atom. The van der Waals surface area contributed by atoms with Gasteiger partial charge in [0.15, 0.2) is 5.78 Å². The number of nitrogens with zero attached hydrogens (tertiary/aromatic N) is 1.